The molecule has 1 heterocycles. The van der Waals surface area contributed by atoms with E-state index in [-0.39, 0.29) is 30.6 Å². The van der Waals surface area contributed by atoms with Crippen LogP contribution in [0.3, 0.4) is 0 Å². The second-order valence-electron chi connectivity index (χ2n) is 9.87. The summed E-state index contributed by atoms with van der Waals surface area (Å²) in [5.41, 5.74) is 3.10. The molecule has 2 aromatic rings. The Morgan fingerprint density at radius 3 is 2.50 bits per heavy atom. The van der Waals surface area contributed by atoms with E-state index in [1.807, 2.05) is 43.9 Å². The Labute approximate surface area is 202 Å². The van der Waals surface area contributed by atoms with Crippen molar-refractivity contribution in [3.63, 3.8) is 0 Å². The molecule has 7 heteroatoms. The molecule has 0 aromatic heterocycles. The lowest BCUT2D eigenvalue weighted by Gasteiger charge is -2.40. The SMILES string of the molecule is CNC(=O)c1ccc(OC)c(COc2ccc3c(c2)CCN(C(=O)OC(C)(C)C)[C@H]3C(C)C)c1. The van der Waals surface area contributed by atoms with Gasteiger partial charge in [0.15, 0.2) is 0 Å². The topological polar surface area (TPSA) is 77.1 Å². The summed E-state index contributed by atoms with van der Waals surface area (Å²) in [5, 5.41) is 2.63. The maximum atomic E-state index is 12.9. The van der Waals surface area contributed by atoms with Crippen molar-refractivity contribution in [2.75, 3.05) is 20.7 Å². The molecule has 7 nitrogen and oxygen atoms in total. The number of carbonyl (C=O) groups excluding carboxylic acids is 2. The average Bonchev–Trinajstić information content (AvgIpc) is 2.79. The zero-order chi connectivity index (χ0) is 25.0. The number of nitrogens with one attached hydrogen (secondary N) is 1. The van der Waals surface area contributed by atoms with Gasteiger partial charge in [-0.2, -0.15) is 0 Å². The number of fused-ring (bicyclic) bond motifs is 1. The van der Waals surface area contributed by atoms with Crippen LogP contribution < -0.4 is 14.8 Å². The number of hydrogen-bond donors (Lipinski definition) is 1. The number of rotatable bonds is 6. The van der Waals surface area contributed by atoms with Crippen molar-refractivity contribution in [1.82, 2.24) is 10.2 Å². The molecule has 1 aliphatic heterocycles. The van der Waals surface area contributed by atoms with Gasteiger partial charge in [0.2, 0.25) is 0 Å². The van der Waals surface area contributed by atoms with E-state index in [9.17, 15) is 9.59 Å². The summed E-state index contributed by atoms with van der Waals surface area (Å²) < 4.78 is 17.2. The number of amides is 2. The van der Waals surface area contributed by atoms with Gasteiger partial charge in [-0.1, -0.05) is 19.9 Å². The van der Waals surface area contributed by atoms with Crippen LogP contribution in [-0.4, -0.2) is 43.2 Å². The fourth-order valence-corrected chi connectivity index (χ4v) is 4.31. The summed E-state index contributed by atoms with van der Waals surface area (Å²) in [6.07, 6.45) is 0.449. The first-order valence-electron chi connectivity index (χ1n) is 11.7. The van der Waals surface area contributed by atoms with Crippen molar-refractivity contribution in [3.05, 3.63) is 58.7 Å². The van der Waals surface area contributed by atoms with E-state index in [4.69, 9.17) is 14.2 Å². The highest BCUT2D eigenvalue weighted by molar-refractivity contribution is 5.94. The van der Waals surface area contributed by atoms with Gasteiger partial charge in [0.1, 0.15) is 23.7 Å². The van der Waals surface area contributed by atoms with Gasteiger partial charge < -0.3 is 24.4 Å². The number of ether oxygens (including phenoxy) is 3. The van der Waals surface area contributed by atoms with E-state index in [0.29, 0.717) is 17.9 Å². The van der Waals surface area contributed by atoms with Crippen molar-refractivity contribution >= 4 is 12.0 Å². The molecule has 0 unspecified atom stereocenters. The molecule has 0 saturated heterocycles. The molecule has 0 aliphatic carbocycles. The number of nitrogens with zero attached hydrogens (tertiary/aromatic N) is 1. The van der Waals surface area contributed by atoms with Crippen LogP contribution in [0, 0.1) is 5.92 Å². The minimum Gasteiger partial charge on any atom is -0.496 e. The Bertz CT molecular complexity index is 1040. The zero-order valence-corrected chi connectivity index (χ0v) is 21.2. The lowest BCUT2D eigenvalue weighted by Crippen LogP contribution is -2.44. The standard InChI is InChI=1S/C27H36N2O5/c1-17(2)24-22-10-9-21(15-18(22)12-13-29(24)26(31)34-27(3,4)5)33-16-20-14-19(25(30)28-6)8-11-23(20)32-7/h8-11,14-15,17,24H,12-13,16H2,1-7H3,(H,28,30)/t24-/m0/s1. The number of benzene rings is 2. The molecule has 0 fully saturated rings. The maximum Gasteiger partial charge on any atom is 0.410 e. The van der Waals surface area contributed by atoms with E-state index in [2.05, 4.69) is 19.2 Å². The van der Waals surface area contributed by atoms with Crippen molar-refractivity contribution in [3.8, 4) is 11.5 Å². The van der Waals surface area contributed by atoms with E-state index in [1.54, 1.807) is 32.4 Å². The first-order valence-corrected chi connectivity index (χ1v) is 11.7. The lowest BCUT2D eigenvalue weighted by atomic mass is 9.86. The fourth-order valence-electron chi connectivity index (χ4n) is 4.31. The minimum absolute atomic E-state index is 0.0584. The molecule has 3 rings (SSSR count). The van der Waals surface area contributed by atoms with Crippen LogP contribution in [0.15, 0.2) is 36.4 Å². The maximum absolute atomic E-state index is 12.9. The first kappa shape index (κ1) is 25.4. The predicted molar refractivity (Wildman–Crippen MR) is 131 cm³/mol. The highest BCUT2D eigenvalue weighted by Gasteiger charge is 2.35. The van der Waals surface area contributed by atoms with Gasteiger partial charge in [-0.3, -0.25) is 4.79 Å². The molecular weight excluding hydrogens is 432 g/mol. The molecule has 0 bridgehead atoms. The molecule has 2 amide bonds. The van der Waals surface area contributed by atoms with Gasteiger partial charge in [0.25, 0.3) is 5.91 Å². The summed E-state index contributed by atoms with van der Waals surface area (Å²) in [6, 6.07) is 11.2. The molecule has 34 heavy (non-hydrogen) atoms. The third-order valence-corrected chi connectivity index (χ3v) is 5.81. The van der Waals surface area contributed by atoms with Crippen molar-refractivity contribution in [2.24, 2.45) is 5.92 Å². The largest absolute Gasteiger partial charge is 0.496 e. The predicted octanol–water partition coefficient (Wildman–Crippen LogP) is 5.12. The third-order valence-electron chi connectivity index (χ3n) is 5.81. The summed E-state index contributed by atoms with van der Waals surface area (Å²) in [5.74, 6) is 1.47. The monoisotopic (exact) mass is 468 g/mol. The van der Waals surface area contributed by atoms with Crippen LogP contribution in [0.25, 0.3) is 0 Å². The van der Waals surface area contributed by atoms with E-state index in [0.717, 1.165) is 23.3 Å². The summed E-state index contributed by atoms with van der Waals surface area (Å²) >= 11 is 0. The van der Waals surface area contributed by atoms with Crippen LogP contribution in [0.2, 0.25) is 0 Å². The average molecular weight is 469 g/mol. The summed E-state index contributed by atoms with van der Waals surface area (Å²) in [4.78, 5) is 26.7. The number of hydrogen-bond acceptors (Lipinski definition) is 5. The van der Waals surface area contributed by atoms with Crippen molar-refractivity contribution in [1.29, 1.82) is 0 Å². The normalized spacial score (nSPS) is 15.5. The van der Waals surface area contributed by atoms with Crippen LogP contribution in [0.4, 0.5) is 4.79 Å². The fraction of sp³-hybridized carbons (Fsp3) is 0.481. The zero-order valence-electron chi connectivity index (χ0n) is 21.2. The van der Waals surface area contributed by atoms with Crippen LogP contribution >= 0.6 is 0 Å². The van der Waals surface area contributed by atoms with Crippen molar-refractivity contribution < 1.29 is 23.8 Å². The Kier molecular flexibility index (Phi) is 7.75. The molecular formula is C27H36N2O5. The molecule has 184 valence electrons. The van der Waals surface area contributed by atoms with E-state index < -0.39 is 5.60 Å². The van der Waals surface area contributed by atoms with Crippen LogP contribution in [0.1, 0.15) is 67.7 Å². The van der Waals surface area contributed by atoms with Gasteiger partial charge >= 0.3 is 6.09 Å². The minimum atomic E-state index is -0.535. The second kappa shape index (κ2) is 10.4. The first-order chi connectivity index (χ1) is 16.0. The van der Waals surface area contributed by atoms with Gasteiger partial charge in [0.05, 0.1) is 13.2 Å². The highest BCUT2D eigenvalue weighted by Crippen LogP contribution is 2.38. The number of methoxy groups -OCH3 is 1. The van der Waals surface area contributed by atoms with Gasteiger partial charge in [-0.05, 0) is 74.6 Å². The molecule has 0 radical (unpaired) electrons. The van der Waals surface area contributed by atoms with E-state index in [1.165, 1.54) is 5.56 Å². The highest BCUT2D eigenvalue weighted by atomic mass is 16.6. The summed E-state index contributed by atoms with van der Waals surface area (Å²) in [7, 11) is 3.20. The van der Waals surface area contributed by atoms with Crippen LogP contribution in [0.5, 0.6) is 11.5 Å². The Balaban J connectivity index is 1.80. The Morgan fingerprint density at radius 2 is 1.88 bits per heavy atom. The number of carbonyl (C=O) groups is 2. The van der Waals surface area contributed by atoms with Crippen molar-refractivity contribution in [2.45, 2.75) is 59.3 Å². The molecule has 1 N–H and O–H groups in total. The Hall–Kier alpha value is -3.22. The molecule has 2 aromatic carbocycles. The molecule has 0 saturated carbocycles. The molecule has 0 spiro atoms. The Morgan fingerprint density at radius 1 is 1.15 bits per heavy atom. The smallest absolute Gasteiger partial charge is 0.410 e. The lowest BCUT2D eigenvalue weighted by molar-refractivity contribution is 0.00876. The van der Waals surface area contributed by atoms with Gasteiger partial charge in [-0.25, -0.2) is 4.79 Å². The van der Waals surface area contributed by atoms with Gasteiger partial charge in [-0.15, -0.1) is 0 Å². The quantitative estimate of drug-likeness (QED) is 0.636. The van der Waals surface area contributed by atoms with Crippen LogP contribution in [-0.2, 0) is 17.8 Å². The summed E-state index contributed by atoms with van der Waals surface area (Å²) in [6.45, 7) is 10.8. The van der Waals surface area contributed by atoms with Gasteiger partial charge in [0, 0.05) is 24.7 Å². The second-order valence-corrected chi connectivity index (χ2v) is 9.87. The molecule has 1 atom stereocenters. The molecule has 1 aliphatic rings. The van der Waals surface area contributed by atoms with E-state index >= 15 is 0 Å². The third kappa shape index (κ3) is 5.82.